The maximum absolute atomic E-state index is 9.20. The molecule has 1 aromatic heterocycles. The number of phenols is 1. The number of hydrogen-bond donors (Lipinski definition) is 4. The predicted molar refractivity (Wildman–Crippen MR) is 54.5 cm³/mol. The number of nitrogens with zero attached hydrogens (tertiary/aromatic N) is 2. The molecule has 0 amide bonds. The maximum atomic E-state index is 9.20. The summed E-state index contributed by atoms with van der Waals surface area (Å²) < 4.78 is 4.25. The Bertz CT molecular complexity index is 523. The molecule has 0 radical (unpaired) electrons. The molecule has 0 bridgehead atoms. The number of hydrogen-bond acceptors (Lipinski definition) is 6. The maximum Gasteiger partial charge on any atom is 0.284 e. The summed E-state index contributed by atoms with van der Waals surface area (Å²) in [5.41, 5.74) is 0.399. The number of amidine groups is 1. The first-order valence-corrected chi connectivity index (χ1v) is 4.33. The fraction of sp³-hybridized carbons (Fsp3) is 0. The van der Waals surface area contributed by atoms with Crippen molar-refractivity contribution in [2.24, 2.45) is 0 Å². The summed E-state index contributed by atoms with van der Waals surface area (Å²) in [4.78, 5) is 0. The van der Waals surface area contributed by atoms with Crippen LogP contribution in [0, 0.1) is 5.41 Å². The van der Waals surface area contributed by atoms with Crippen molar-refractivity contribution in [2.75, 3.05) is 5.32 Å². The summed E-state index contributed by atoms with van der Waals surface area (Å²) in [5.74, 6) is -0.567. The van der Waals surface area contributed by atoms with Gasteiger partial charge in [0.2, 0.25) is 5.69 Å². The van der Waals surface area contributed by atoms with Crippen LogP contribution in [0.25, 0.3) is 0 Å². The molecule has 7 heteroatoms. The van der Waals surface area contributed by atoms with Crippen LogP contribution in [0.5, 0.6) is 11.6 Å². The van der Waals surface area contributed by atoms with Crippen molar-refractivity contribution in [3.8, 4) is 11.6 Å². The van der Waals surface area contributed by atoms with Gasteiger partial charge >= 0.3 is 0 Å². The summed E-state index contributed by atoms with van der Waals surface area (Å²) in [7, 11) is 0. The molecule has 82 valence electrons. The minimum absolute atomic E-state index is 0.0697. The van der Waals surface area contributed by atoms with Crippen molar-refractivity contribution in [3.05, 3.63) is 30.0 Å². The molecule has 0 spiro atoms. The fourth-order valence-corrected chi connectivity index (χ4v) is 1.13. The highest BCUT2D eigenvalue weighted by Crippen LogP contribution is 2.17. The van der Waals surface area contributed by atoms with E-state index in [1.807, 2.05) is 0 Å². The average Bonchev–Trinajstić information content (AvgIpc) is 2.64. The quantitative estimate of drug-likeness (QED) is 0.441. The van der Waals surface area contributed by atoms with Crippen LogP contribution < -0.4 is 5.32 Å². The highest BCUT2D eigenvalue weighted by atomic mass is 16.6. The van der Waals surface area contributed by atoms with E-state index < -0.39 is 5.88 Å². The van der Waals surface area contributed by atoms with E-state index in [1.165, 1.54) is 12.1 Å². The minimum atomic E-state index is -0.461. The molecule has 0 aliphatic heterocycles. The lowest BCUT2D eigenvalue weighted by molar-refractivity contribution is 0.286. The fourth-order valence-electron chi connectivity index (χ4n) is 1.13. The van der Waals surface area contributed by atoms with Gasteiger partial charge in [0.25, 0.3) is 5.88 Å². The first-order valence-electron chi connectivity index (χ1n) is 4.33. The van der Waals surface area contributed by atoms with Gasteiger partial charge in [-0.1, -0.05) is 6.07 Å². The molecule has 2 rings (SSSR count). The lowest BCUT2D eigenvalue weighted by Crippen LogP contribution is -2.12. The van der Waals surface area contributed by atoms with Gasteiger partial charge in [-0.15, -0.1) is 0 Å². The van der Waals surface area contributed by atoms with Crippen molar-refractivity contribution in [2.45, 2.75) is 0 Å². The van der Waals surface area contributed by atoms with E-state index in [9.17, 15) is 5.11 Å². The third kappa shape index (κ3) is 1.92. The molecule has 1 aromatic carbocycles. The molecule has 0 fully saturated rings. The number of benzene rings is 1. The van der Waals surface area contributed by atoms with E-state index in [1.54, 1.807) is 12.1 Å². The third-order valence-corrected chi connectivity index (χ3v) is 1.82. The Morgan fingerprint density at radius 2 is 2.12 bits per heavy atom. The molecule has 4 N–H and O–H groups in total. The molecule has 0 unspecified atom stereocenters. The molecule has 0 saturated heterocycles. The molecule has 0 aliphatic rings. The van der Waals surface area contributed by atoms with Gasteiger partial charge < -0.3 is 15.5 Å². The van der Waals surface area contributed by atoms with Gasteiger partial charge in [0.1, 0.15) is 5.75 Å². The highest BCUT2D eigenvalue weighted by molar-refractivity contribution is 6.06. The van der Waals surface area contributed by atoms with Gasteiger partial charge in [-0.2, -0.15) is 0 Å². The Morgan fingerprint density at radius 3 is 2.75 bits per heavy atom. The van der Waals surface area contributed by atoms with Crippen LogP contribution in [0.3, 0.4) is 0 Å². The summed E-state index contributed by atoms with van der Waals surface area (Å²) in [6.45, 7) is 0. The van der Waals surface area contributed by atoms with E-state index in [4.69, 9.17) is 10.5 Å². The van der Waals surface area contributed by atoms with Gasteiger partial charge in [-0.05, 0) is 22.4 Å². The topological polar surface area (TPSA) is 115 Å². The minimum Gasteiger partial charge on any atom is -0.508 e. The zero-order valence-corrected chi connectivity index (χ0v) is 8.01. The van der Waals surface area contributed by atoms with Crippen LogP contribution in [0.4, 0.5) is 5.69 Å². The van der Waals surface area contributed by atoms with Crippen LogP contribution in [0.1, 0.15) is 5.69 Å². The first-order chi connectivity index (χ1) is 7.66. The molecule has 0 atom stereocenters. The van der Waals surface area contributed by atoms with E-state index in [2.05, 4.69) is 20.3 Å². The molecule has 7 nitrogen and oxygen atoms in total. The van der Waals surface area contributed by atoms with Crippen molar-refractivity contribution in [1.29, 1.82) is 5.41 Å². The summed E-state index contributed by atoms with van der Waals surface area (Å²) in [5, 5.41) is 35.1. The Morgan fingerprint density at radius 1 is 1.31 bits per heavy atom. The number of rotatable bonds is 2. The van der Waals surface area contributed by atoms with Crippen molar-refractivity contribution < 1.29 is 14.8 Å². The van der Waals surface area contributed by atoms with E-state index in [-0.39, 0.29) is 17.3 Å². The number of aromatic hydroxyl groups is 2. The van der Waals surface area contributed by atoms with Gasteiger partial charge in [0.15, 0.2) is 5.84 Å². The lowest BCUT2D eigenvalue weighted by Gasteiger charge is -2.04. The lowest BCUT2D eigenvalue weighted by atomic mass is 10.3. The van der Waals surface area contributed by atoms with Crippen LogP contribution in [0.15, 0.2) is 28.9 Å². The number of anilines is 1. The number of nitrogens with one attached hydrogen (secondary N) is 2. The van der Waals surface area contributed by atoms with Crippen molar-refractivity contribution in [1.82, 2.24) is 10.3 Å². The SMILES string of the molecule is N=C(Nc1cccc(O)c1)c1nonc1O. The monoisotopic (exact) mass is 220 g/mol. The molecular formula is C9H8N4O3. The molecule has 1 heterocycles. The summed E-state index contributed by atoms with van der Waals surface area (Å²) >= 11 is 0. The van der Waals surface area contributed by atoms with E-state index >= 15 is 0 Å². The second-order valence-corrected chi connectivity index (χ2v) is 2.99. The normalized spacial score (nSPS) is 10.0. The summed E-state index contributed by atoms with van der Waals surface area (Å²) in [6.07, 6.45) is 0. The van der Waals surface area contributed by atoms with Crippen LogP contribution in [-0.4, -0.2) is 26.4 Å². The second-order valence-electron chi connectivity index (χ2n) is 2.99. The highest BCUT2D eigenvalue weighted by Gasteiger charge is 2.14. The Hall–Kier alpha value is -2.57. The second kappa shape index (κ2) is 3.89. The zero-order valence-electron chi connectivity index (χ0n) is 8.01. The average molecular weight is 220 g/mol. The molecule has 2 aromatic rings. The van der Waals surface area contributed by atoms with Crippen LogP contribution >= 0.6 is 0 Å². The Labute approximate surface area is 89.8 Å². The van der Waals surface area contributed by atoms with Crippen LogP contribution in [0.2, 0.25) is 0 Å². The van der Waals surface area contributed by atoms with E-state index in [0.29, 0.717) is 5.69 Å². The number of phenolic OH excluding ortho intramolecular Hbond substituents is 1. The van der Waals surface area contributed by atoms with Gasteiger partial charge in [0, 0.05) is 11.8 Å². The number of aromatic nitrogens is 2. The Kier molecular flexibility index (Phi) is 2.42. The molecule has 0 aliphatic carbocycles. The van der Waals surface area contributed by atoms with Crippen LogP contribution in [-0.2, 0) is 0 Å². The largest absolute Gasteiger partial charge is 0.508 e. The van der Waals surface area contributed by atoms with Crippen molar-refractivity contribution >= 4 is 11.5 Å². The van der Waals surface area contributed by atoms with Gasteiger partial charge in [-0.3, -0.25) is 5.41 Å². The molecular weight excluding hydrogens is 212 g/mol. The predicted octanol–water partition coefficient (Wildman–Crippen LogP) is 0.918. The van der Waals surface area contributed by atoms with E-state index in [0.717, 1.165) is 0 Å². The zero-order chi connectivity index (χ0) is 11.5. The molecule has 0 saturated carbocycles. The van der Waals surface area contributed by atoms with Gasteiger partial charge in [-0.25, -0.2) is 4.63 Å². The third-order valence-electron chi connectivity index (χ3n) is 1.82. The standard InChI is InChI=1S/C9H8N4O3/c10-8(7-9(15)13-16-12-7)11-5-2-1-3-6(14)4-5/h1-4,14H,(H2,10,11)(H,13,15). The Balaban J connectivity index is 2.17. The molecule has 16 heavy (non-hydrogen) atoms. The first kappa shape index (κ1) is 9.97. The van der Waals surface area contributed by atoms with Crippen molar-refractivity contribution in [3.63, 3.8) is 0 Å². The summed E-state index contributed by atoms with van der Waals surface area (Å²) in [6, 6.07) is 6.20. The van der Waals surface area contributed by atoms with Gasteiger partial charge in [0.05, 0.1) is 0 Å². The smallest absolute Gasteiger partial charge is 0.284 e.